The summed E-state index contributed by atoms with van der Waals surface area (Å²) in [5, 5.41) is 18.0. The van der Waals surface area contributed by atoms with Crippen molar-refractivity contribution in [2.45, 2.75) is 20.8 Å². The zero-order chi connectivity index (χ0) is 20.0. The van der Waals surface area contributed by atoms with E-state index in [2.05, 4.69) is 16.0 Å². The van der Waals surface area contributed by atoms with E-state index in [1.54, 1.807) is 30.3 Å². The van der Waals surface area contributed by atoms with Crippen molar-refractivity contribution in [3.05, 3.63) is 64.3 Å². The summed E-state index contributed by atoms with van der Waals surface area (Å²) in [4.78, 5) is 23.3. The van der Waals surface area contributed by atoms with E-state index < -0.39 is 5.91 Å². The normalized spacial score (nSPS) is 10.7. The van der Waals surface area contributed by atoms with Gasteiger partial charge < -0.3 is 16.0 Å². The first kappa shape index (κ1) is 20.0. The number of carbonyl (C=O) groups excluding carboxylic acids is 2. The van der Waals surface area contributed by atoms with E-state index in [0.717, 1.165) is 11.1 Å². The smallest absolute Gasteiger partial charge is 0.267 e. The van der Waals surface area contributed by atoms with Crippen molar-refractivity contribution >= 4 is 40.5 Å². The van der Waals surface area contributed by atoms with Crippen LogP contribution in [-0.4, -0.2) is 11.8 Å². The summed E-state index contributed by atoms with van der Waals surface area (Å²) in [5.41, 5.74) is 3.58. The predicted octanol–water partition coefficient (Wildman–Crippen LogP) is 4.37. The van der Waals surface area contributed by atoms with E-state index in [1.165, 1.54) is 13.1 Å². The lowest BCUT2D eigenvalue weighted by molar-refractivity contribution is -0.114. The van der Waals surface area contributed by atoms with Gasteiger partial charge in [0.15, 0.2) is 0 Å². The second-order valence-electron chi connectivity index (χ2n) is 5.97. The van der Waals surface area contributed by atoms with Gasteiger partial charge in [0.1, 0.15) is 11.6 Å². The molecule has 2 rings (SSSR count). The largest absolute Gasteiger partial charge is 0.359 e. The number of hydrogen-bond acceptors (Lipinski definition) is 4. The van der Waals surface area contributed by atoms with E-state index in [1.807, 2.05) is 26.0 Å². The molecule has 0 aliphatic carbocycles. The molecule has 6 nitrogen and oxygen atoms in total. The Morgan fingerprint density at radius 3 is 2.19 bits per heavy atom. The highest BCUT2D eigenvalue weighted by Crippen LogP contribution is 2.27. The standard InChI is InChI=1S/C20H19ClN4O2/c1-12-8-13(2)19(18(21)9-12)23-11-15(10-22)20(27)25-17-6-4-16(5-7-17)24-14(3)26/h4-9,11,23H,1-3H3,(H,24,26)(H,25,27)/b15-11-. The van der Waals surface area contributed by atoms with Gasteiger partial charge in [-0.2, -0.15) is 5.26 Å². The van der Waals surface area contributed by atoms with Crippen LogP contribution in [0.5, 0.6) is 0 Å². The molecule has 2 aromatic carbocycles. The topological polar surface area (TPSA) is 94.0 Å². The summed E-state index contributed by atoms with van der Waals surface area (Å²) < 4.78 is 0. The molecule has 0 bridgehead atoms. The van der Waals surface area contributed by atoms with Crippen LogP contribution < -0.4 is 16.0 Å². The second-order valence-corrected chi connectivity index (χ2v) is 6.37. The molecule has 0 radical (unpaired) electrons. The molecule has 0 heterocycles. The van der Waals surface area contributed by atoms with Gasteiger partial charge in [0.2, 0.25) is 5.91 Å². The average molecular weight is 383 g/mol. The van der Waals surface area contributed by atoms with Gasteiger partial charge in [0.05, 0.1) is 10.7 Å². The zero-order valence-electron chi connectivity index (χ0n) is 15.2. The van der Waals surface area contributed by atoms with Crippen LogP contribution in [0.4, 0.5) is 17.1 Å². The number of aryl methyl sites for hydroxylation is 2. The SMILES string of the molecule is CC(=O)Nc1ccc(NC(=O)/C(C#N)=C\Nc2c(C)cc(C)cc2Cl)cc1. The number of rotatable bonds is 5. The second kappa shape index (κ2) is 8.88. The molecule has 0 fully saturated rings. The van der Waals surface area contributed by atoms with Crippen LogP contribution in [0.15, 0.2) is 48.2 Å². The molecule has 0 saturated carbocycles. The quantitative estimate of drug-likeness (QED) is 0.528. The number of benzene rings is 2. The summed E-state index contributed by atoms with van der Waals surface area (Å²) in [6.45, 7) is 5.23. The van der Waals surface area contributed by atoms with Gasteiger partial charge in [0, 0.05) is 24.5 Å². The minimum Gasteiger partial charge on any atom is -0.359 e. The number of nitrogens with zero attached hydrogens (tertiary/aromatic N) is 1. The molecule has 0 aliphatic rings. The van der Waals surface area contributed by atoms with E-state index in [-0.39, 0.29) is 11.5 Å². The molecule has 27 heavy (non-hydrogen) atoms. The number of halogens is 1. The fraction of sp³-hybridized carbons (Fsp3) is 0.150. The lowest BCUT2D eigenvalue weighted by Gasteiger charge is -2.10. The van der Waals surface area contributed by atoms with Gasteiger partial charge in [0.25, 0.3) is 5.91 Å². The first-order valence-corrected chi connectivity index (χ1v) is 8.50. The summed E-state index contributed by atoms with van der Waals surface area (Å²) in [7, 11) is 0. The van der Waals surface area contributed by atoms with Crippen LogP contribution in [0.25, 0.3) is 0 Å². The molecule has 3 N–H and O–H groups in total. The Morgan fingerprint density at radius 1 is 1.07 bits per heavy atom. The molecular formula is C20H19ClN4O2. The Morgan fingerprint density at radius 2 is 1.67 bits per heavy atom. The zero-order valence-corrected chi connectivity index (χ0v) is 15.9. The van der Waals surface area contributed by atoms with Crippen molar-refractivity contribution in [2.75, 3.05) is 16.0 Å². The molecule has 0 aliphatic heterocycles. The minimum absolute atomic E-state index is 0.100. The molecule has 7 heteroatoms. The van der Waals surface area contributed by atoms with Gasteiger partial charge in [-0.25, -0.2) is 0 Å². The van der Waals surface area contributed by atoms with Crippen molar-refractivity contribution in [2.24, 2.45) is 0 Å². The number of nitrogens with one attached hydrogen (secondary N) is 3. The first-order chi connectivity index (χ1) is 12.8. The molecule has 0 unspecified atom stereocenters. The van der Waals surface area contributed by atoms with E-state index in [0.29, 0.717) is 22.1 Å². The summed E-state index contributed by atoms with van der Waals surface area (Å²) in [6, 6.07) is 12.2. The molecule has 0 atom stereocenters. The Hall–Kier alpha value is -3.30. The fourth-order valence-corrected chi connectivity index (χ4v) is 2.81. The van der Waals surface area contributed by atoms with Gasteiger partial charge in [-0.3, -0.25) is 9.59 Å². The van der Waals surface area contributed by atoms with Crippen LogP contribution in [0.2, 0.25) is 5.02 Å². The Labute approximate surface area is 162 Å². The van der Waals surface area contributed by atoms with E-state index in [9.17, 15) is 14.9 Å². The third kappa shape index (κ3) is 5.59. The maximum Gasteiger partial charge on any atom is 0.267 e. The Kier molecular flexibility index (Phi) is 6.58. The monoisotopic (exact) mass is 382 g/mol. The van der Waals surface area contributed by atoms with Gasteiger partial charge in [-0.05, 0) is 55.3 Å². The molecule has 0 aromatic heterocycles. The van der Waals surface area contributed by atoms with Gasteiger partial charge in [-0.1, -0.05) is 17.7 Å². The molecule has 138 valence electrons. The molecule has 0 saturated heterocycles. The van der Waals surface area contributed by atoms with Gasteiger partial charge in [-0.15, -0.1) is 0 Å². The van der Waals surface area contributed by atoms with Crippen molar-refractivity contribution in [1.82, 2.24) is 0 Å². The minimum atomic E-state index is -0.557. The van der Waals surface area contributed by atoms with Crippen LogP contribution in [0.1, 0.15) is 18.1 Å². The van der Waals surface area contributed by atoms with Crippen molar-refractivity contribution in [3.63, 3.8) is 0 Å². The van der Waals surface area contributed by atoms with Gasteiger partial charge >= 0.3 is 0 Å². The molecule has 2 aromatic rings. The third-order valence-corrected chi connectivity index (χ3v) is 3.92. The number of hydrogen-bond donors (Lipinski definition) is 3. The van der Waals surface area contributed by atoms with Crippen LogP contribution in [-0.2, 0) is 9.59 Å². The Bertz CT molecular complexity index is 920. The van der Waals surface area contributed by atoms with E-state index in [4.69, 9.17) is 11.6 Å². The van der Waals surface area contributed by atoms with Crippen molar-refractivity contribution < 1.29 is 9.59 Å². The van der Waals surface area contributed by atoms with E-state index >= 15 is 0 Å². The molecule has 2 amide bonds. The highest BCUT2D eigenvalue weighted by Gasteiger charge is 2.11. The molecular weight excluding hydrogens is 364 g/mol. The maximum atomic E-state index is 12.3. The predicted molar refractivity (Wildman–Crippen MR) is 108 cm³/mol. The highest BCUT2D eigenvalue weighted by atomic mass is 35.5. The highest BCUT2D eigenvalue weighted by molar-refractivity contribution is 6.33. The van der Waals surface area contributed by atoms with Crippen molar-refractivity contribution in [1.29, 1.82) is 5.26 Å². The third-order valence-electron chi connectivity index (χ3n) is 3.62. The maximum absolute atomic E-state index is 12.3. The number of nitriles is 1. The first-order valence-electron chi connectivity index (χ1n) is 8.12. The summed E-state index contributed by atoms with van der Waals surface area (Å²) in [6.07, 6.45) is 1.32. The van der Waals surface area contributed by atoms with Crippen LogP contribution >= 0.6 is 11.6 Å². The lowest BCUT2D eigenvalue weighted by Crippen LogP contribution is -2.14. The molecule has 0 spiro atoms. The number of carbonyl (C=O) groups is 2. The number of anilines is 3. The fourth-order valence-electron chi connectivity index (χ4n) is 2.43. The van der Waals surface area contributed by atoms with Crippen molar-refractivity contribution in [3.8, 4) is 6.07 Å². The summed E-state index contributed by atoms with van der Waals surface area (Å²) >= 11 is 6.22. The lowest BCUT2D eigenvalue weighted by atomic mass is 10.1. The van der Waals surface area contributed by atoms with Crippen LogP contribution in [0.3, 0.4) is 0 Å². The Balaban J connectivity index is 2.11. The van der Waals surface area contributed by atoms with Crippen LogP contribution in [0, 0.1) is 25.2 Å². The average Bonchev–Trinajstić information content (AvgIpc) is 2.58. The summed E-state index contributed by atoms with van der Waals surface area (Å²) in [5.74, 6) is -0.740. The number of amides is 2.